The van der Waals surface area contributed by atoms with E-state index >= 15 is 0 Å². The maximum absolute atomic E-state index is 6.44. The van der Waals surface area contributed by atoms with Crippen LogP contribution in [-0.4, -0.2) is 38.0 Å². The number of epoxide rings is 1. The second kappa shape index (κ2) is 5.83. The van der Waals surface area contributed by atoms with Crippen molar-refractivity contribution in [2.24, 2.45) is 0 Å². The van der Waals surface area contributed by atoms with Crippen molar-refractivity contribution in [2.45, 2.75) is 45.8 Å². The molecule has 0 N–H and O–H groups in total. The maximum Gasteiger partial charge on any atom is 0.101 e. The van der Waals surface area contributed by atoms with Gasteiger partial charge < -0.3 is 4.74 Å². The summed E-state index contributed by atoms with van der Waals surface area (Å²) in [4.78, 5) is -0.320. The second-order valence-electron chi connectivity index (χ2n) is 4.56. The Kier molecular flexibility index (Phi) is 5.78. The number of hydrogen-bond acceptors (Lipinski definition) is 1. The van der Waals surface area contributed by atoms with Gasteiger partial charge in [0.05, 0.1) is 21.2 Å². The molecule has 5 atom stereocenters. The van der Waals surface area contributed by atoms with E-state index in [2.05, 4.69) is 31.9 Å². The van der Waals surface area contributed by atoms with Gasteiger partial charge in [-0.2, -0.15) is 0 Å². The molecular formula is C10H15Br2Cl3O. The van der Waals surface area contributed by atoms with E-state index in [-0.39, 0.29) is 20.6 Å². The first-order valence-electron chi connectivity index (χ1n) is 5.05. The molecule has 16 heavy (non-hydrogen) atoms. The molecule has 96 valence electrons. The van der Waals surface area contributed by atoms with Crippen LogP contribution in [0.15, 0.2) is 0 Å². The predicted octanol–water partition coefficient (Wildman–Crippen LogP) is 4.54. The van der Waals surface area contributed by atoms with Gasteiger partial charge in [-0.1, -0.05) is 31.9 Å². The lowest BCUT2D eigenvalue weighted by molar-refractivity contribution is 0.349. The molecule has 1 aliphatic heterocycles. The van der Waals surface area contributed by atoms with Crippen molar-refractivity contribution < 1.29 is 4.74 Å². The van der Waals surface area contributed by atoms with Gasteiger partial charge >= 0.3 is 0 Å². The highest BCUT2D eigenvalue weighted by molar-refractivity contribution is 9.10. The van der Waals surface area contributed by atoms with E-state index in [0.29, 0.717) is 5.88 Å². The van der Waals surface area contributed by atoms with Crippen molar-refractivity contribution in [3.63, 3.8) is 0 Å². The third kappa shape index (κ3) is 3.89. The van der Waals surface area contributed by atoms with Crippen LogP contribution in [0, 0.1) is 0 Å². The van der Waals surface area contributed by atoms with Gasteiger partial charge in [0, 0.05) is 10.7 Å². The fraction of sp³-hybridized carbons (Fsp3) is 1.00. The lowest BCUT2D eigenvalue weighted by atomic mass is 9.96. The van der Waals surface area contributed by atoms with Gasteiger partial charge in [-0.15, -0.1) is 34.8 Å². The summed E-state index contributed by atoms with van der Waals surface area (Å²) in [7, 11) is 0. The Morgan fingerprint density at radius 2 is 2.00 bits per heavy atom. The van der Waals surface area contributed by atoms with Crippen LogP contribution in [0.4, 0.5) is 0 Å². The molecule has 0 aliphatic carbocycles. The molecule has 0 spiro atoms. The SMILES string of the molecule is CC(Cl)(C(Br)C[C@@H](Cl)[C@@](C)(Br)CCl)C1CO1. The van der Waals surface area contributed by atoms with Crippen LogP contribution in [0.5, 0.6) is 0 Å². The minimum atomic E-state index is -0.414. The summed E-state index contributed by atoms with van der Waals surface area (Å²) in [5, 5.41) is -0.0915. The number of hydrogen-bond donors (Lipinski definition) is 0. The van der Waals surface area contributed by atoms with E-state index in [1.807, 2.05) is 13.8 Å². The van der Waals surface area contributed by atoms with Crippen LogP contribution in [0.25, 0.3) is 0 Å². The first-order valence-corrected chi connectivity index (χ1v) is 8.11. The fourth-order valence-corrected chi connectivity index (χ4v) is 3.12. The minimum absolute atomic E-state index is 0.0915. The molecule has 0 aromatic rings. The zero-order valence-electron chi connectivity index (χ0n) is 9.15. The van der Waals surface area contributed by atoms with E-state index in [1.165, 1.54) is 0 Å². The third-order valence-corrected chi connectivity index (χ3v) is 7.63. The van der Waals surface area contributed by atoms with Crippen molar-refractivity contribution in [1.82, 2.24) is 0 Å². The van der Waals surface area contributed by atoms with Crippen LogP contribution in [-0.2, 0) is 4.74 Å². The third-order valence-electron chi connectivity index (χ3n) is 2.90. The molecule has 0 aromatic carbocycles. The molecule has 0 bridgehead atoms. The van der Waals surface area contributed by atoms with Crippen molar-refractivity contribution in [3.05, 3.63) is 0 Å². The number of ether oxygens (including phenoxy) is 1. The first-order chi connectivity index (χ1) is 7.21. The van der Waals surface area contributed by atoms with Gasteiger partial charge in [0.2, 0.25) is 0 Å². The van der Waals surface area contributed by atoms with E-state index in [9.17, 15) is 0 Å². The Labute approximate surface area is 129 Å². The molecule has 0 amide bonds. The summed E-state index contributed by atoms with van der Waals surface area (Å²) in [6, 6.07) is 0. The monoisotopic (exact) mass is 414 g/mol. The Bertz CT molecular complexity index is 244. The lowest BCUT2D eigenvalue weighted by Crippen LogP contribution is -2.41. The van der Waals surface area contributed by atoms with E-state index in [4.69, 9.17) is 39.5 Å². The van der Waals surface area contributed by atoms with Gasteiger partial charge in [-0.05, 0) is 20.3 Å². The summed E-state index contributed by atoms with van der Waals surface area (Å²) in [6.07, 6.45) is 0.857. The van der Waals surface area contributed by atoms with Crippen LogP contribution in [0.2, 0.25) is 0 Å². The zero-order valence-corrected chi connectivity index (χ0v) is 14.6. The highest BCUT2D eigenvalue weighted by Gasteiger charge is 2.48. The molecule has 3 unspecified atom stereocenters. The average molecular weight is 417 g/mol. The van der Waals surface area contributed by atoms with Gasteiger partial charge in [0.15, 0.2) is 0 Å². The molecule has 1 fully saturated rings. The molecule has 1 rings (SSSR count). The van der Waals surface area contributed by atoms with Crippen LogP contribution >= 0.6 is 66.7 Å². The molecule has 1 heterocycles. The molecule has 0 saturated carbocycles. The van der Waals surface area contributed by atoms with Gasteiger partial charge in [0.25, 0.3) is 0 Å². The summed E-state index contributed by atoms with van der Waals surface area (Å²) < 4.78 is 4.97. The van der Waals surface area contributed by atoms with Crippen LogP contribution < -0.4 is 0 Å². The molecular weight excluding hydrogens is 402 g/mol. The normalized spacial score (nSPS) is 31.3. The molecule has 6 heteroatoms. The summed E-state index contributed by atoms with van der Waals surface area (Å²) in [5.41, 5.74) is 0. The van der Waals surface area contributed by atoms with Crippen molar-refractivity contribution in [1.29, 1.82) is 0 Å². The molecule has 1 nitrogen and oxygen atoms in total. The van der Waals surface area contributed by atoms with Crippen molar-refractivity contribution >= 4 is 66.7 Å². The molecule has 0 aromatic heterocycles. The first kappa shape index (κ1) is 15.8. The fourth-order valence-electron chi connectivity index (χ4n) is 1.32. The van der Waals surface area contributed by atoms with Crippen molar-refractivity contribution in [3.8, 4) is 0 Å². The van der Waals surface area contributed by atoms with Crippen LogP contribution in [0.3, 0.4) is 0 Å². The van der Waals surface area contributed by atoms with Gasteiger partial charge in [-0.3, -0.25) is 0 Å². The molecule has 0 radical (unpaired) electrons. The molecule has 1 aliphatic rings. The van der Waals surface area contributed by atoms with Crippen molar-refractivity contribution in [2.75, 3.05) is 12.5 Å². The van der Waals surface area contributed by atoms with E-state index in [0.717, 1.165) is 13.0 Å². The average Bonchev–Trinajstić information content (AvgIpc) is 3.00. The second-order valence-corrected chi connectivity index (χ2v) is 9.08. The number of alkyl halides is 5. The highest BCUT2D eigenvalue weighted by atomic mass is 79.9. The largest absolute Gasteiger partial charge is 0.371 e. The Balaban J connectivity index is 2.53. The molecule has 1 saturated heterocycles. The zero-order chi connectivity index (χ0) is 12.6. The Morgan fingerprint density at radius 3 is 2.38 bits per heavy atom. The minimum Gasteiger partial charge on any atom is -0.371 e. The lowest BCUT2D eigenvalue weighted by Gasteiger charge is -2.32. The highest BCUT2D eigenvalue weighted by Crippen LogP contribution is 2.42. The van der Waals surface area contributed by atoms with Crippen LogP contribution in [0.1, 0.15) is 20.3 Å². The smallest absolute Gasteiger partial charge is 0.101 e. The summed E-state index contributed by atoms with van der Waals surface area (Å²) in [6.45, 7) is 4.69. The standard InChI is InChI=1S/C10H15Br2Cl3O/c1-9(12,5-13)7(14)3-6(11)10(2,15)8-4-16-8/h6-8H,3-5H2,1-2H3/t6?,7-,8?,9+,10?/m1/s1. The summed E-state index contributed by atoms with van der Waals surface area (Å²) in [5.74, 6) is 0.458. The predicted molar refractivity (Wildman–Crippen MR) is 79.0 cm³/mol. The number of rotatable bonds is 6. The van der Waals surface area contributed by atoms with Gasteiger partial charge in [0.1, 0.15) is 6.10 Å². The van der Waals surface area contributed by atoms with Gasteiger partial charge in [-0.25, -0.2) is 0 Å². The Hall–Kier alpha value is 1.79. The topological polar surface area (TPSA) is 12.5 Å². The Morgan fingerprint density at radius 1 is 1.50 bits per heavy atom. The van der Waals surface area contributed by atoms with E-state index < -0.39 is 4.87 Å². The summed E-state index contributed by atoms with van der Waals surface area (Å²) >= 11 is 25.8. The van der Waals surface area contributed by atoms with E-state index in [1.54, 1.807) is 0 Å². The number of halogens is 5. The quantitative estimate of drug-likeness (QED) is 0.457. The maximum atomic E-state index is 6.44.